The van der Waals surface area contributed by atoms with E-state index in [1.165, 1.54) is 9.80 Å². The van der Waals surface area contributed by atoms with Crippen LogP contribution in [-0.2, 0) is 52.9 Å². The highest BCUT2D eigenvalue weighted by Gasteiger charge is 2.42. The molecule has 34 heteroatoms. The van der Waals surface area contributed by atoms with Crippen LogP contribution in [0.1, 0.15) is 101 Å². The molecule has 0 unspecified atom stereocenters. The van der Waals surface area contributed by atoms with E-state index in [0.717, 1.165) is 29.5 Å². The number of nitrogens with zero attached hydrogens (tertiary/aromatic N) is 6. The highest BCUT2D eigenvalue weighted by atomic mass is 35.5. The van der Waals surface area contributed by atoms with Crippen LogP contribution in [0.3, 0.4) is 0 Å². The van der Waals surface area contributed by atoms with Crippen molar-refractivity contribution in [2.45, 2.75) is 107 Å². The van der Waals surface area contributed by atoms with Crippen molar-refractivity contribution >= 4 is 96.5 Å². The summed E-state index contributed by atoms with van der Waals surface area (Å²) in [5, 5.41) is 79.7. The van der Waals surface area contributed by atoms with Crippen molar-refractivity contribution in [3.8, 4) is 0 Å². The molecule has 3 saturated heterocycles. The van der Waals surface area contributed by atoms with Gasteiger partial charge in [-0.1, -0.05) is 66.5 Å². The molecule has 512 valence electrons. The molecule has 4 atom stereocenters. The second kappa shape index (κ2) is 40.2. The van der Waals surface area contributed by atoms with Gasteiger partial charge in [-0.3, -0.25) is 62.8 Å². The summed E-state index contributed by atoms with van der Waals surface area (Å²) in [7, 11) is -3.21. The molecule has 0 bridgehead atoms. The van der Waals surface area contributed by atoms with Crippen LogP contribution in [0, 0.1) is 0 Å². The highest BCUT2D eigenvalue weighted by molar-refractivity contribution is 6.54. The lowest BCUT2D eigenvalue weighted by molar-refractivity contribution is -0.169. The van der Waals surface area contributed by atoms with Gasteiger partial charge in [-0.05, 0) is 105 Å². The van der Waals surface area contributed by atoms with Crippen molar-refractivity contribution in [2.24, 2.45) is 5.73 Å². The van der Waals surface area contributed by atoms with Gasteiger partial charge in [-0.2, -0.15) is 13.2 Å². The van der Waals surface area contributed by atoms with Crippen LogP contribution in [0.2, 0.25) is 0 Å². The zero-order chi connectivity index (χ0) is 69.7. The molecule has 6 rings (SSSR count). The van der Waals surface area contributed by atoms with Crippen LogP contribution in [0.5, 0.6) is 0 Å². The predicted molar refractivity (Wildman–Crippen MR) is 336 cm³/mol. The monoisotopic (exact) mass is 1350 g/mol. The van der Waals surface area contributed by atoms with Crippen LogP contribution in [0.25, 0.3) is 0 Å². The number of carbonyl (C=O) groups is 10. The number of hydrogen-bond acceptors (Lipinski definition) is 19. The van der Waals surface area contributed by atoms with Gasteiger partial charge in [-0.15, -0.1) is 0 Å². The number of rotatable bonds is 23. The summed E-state index contributed by atoms with van der Waals surface area (Å²) in [5.41, 5.74) is 9.53. The van der Waals surface area contributed by atoms with E-state index in [-0.39, 0.29) is 76.4 Å². The molecule has 3 heterocycles. The summed E-state index contributed by atoms with van der Waals surface area (Å²) in [6.07, 6.45) is -1.00. The lowest BCUT2D eigenvalue weighted by Gasteiger charge is -2.32. The fourth-order valence-electron chi connectivity index (χ4n) is 9.95. The molecule has 3 aliphatic heterocycles. The molecular weight excluding hydrogens is 1270 g/mol. The Morgan fingerprint density at radius 1 is 0.538 bits per heavy atom. The summed E-state index contributed by atoms with van der Waals surface area (Å²) in [6.45, 7) is 8.22. The van der Waals surface area contributed by atoms with Crippen LogP contribution in [-0.4, -0.2) is 270 Å². The largest absolute Gasteiger partial charge is 0.480 e. The maximum Gasteiger partial charge on any atom is 0.475 e. The minimum absolute atomic E-state index is 0.0679. The molecule has 27 nitrogen and oxygen atoms in total. The van der Waals surface area contributed by atoms with E-state index in [1.54, 1.807) is 89.2 Å². The van der Waals surface area contributed by atoms with Crippen LogP contribution < -0.4 is 16.4 Å². The lowest BCUT2D eigenvalue weighted by atomic mass is 9.78. The van der Waals surface area contributed by atoms with Crippen LogP contribution in [0.15, 0.2) is 72.8 Å². The normalized spacial score (nSPS) is 17.4. The van der Waals surface area contributed by atoms with E-state index < -0.39 is 90.7 Å². The number of aliphatic carboxylic acids is 3. The topological polar surface area (TPSA) is 402 Å². The Bertz CT molecular complexity index is 2910. The second-order valence-corrected chi connectivity index (χ2v) is 23.2. The number of amides is 4. The SMILES string of the molecule is CCc1ccc(C(=O)O)cc1.C[C@@H](NC(=O)c1ccc(CCC(=O)CN2CCN(CC(=O)O)CCN(CC(=O)O)CCN(CC(=O)O)CC2)cc1)C(=O)N1CCC[C@H]1B(O)O.C[C@@H](NC(=O)c1ccc(CN)cc1)C(=O)N1CCC[C@H]1B(O)O.O=C(C(Cl)Cl)C(F)(F)F. The number of nitrogens with two attached hydrogens (primary N) is 1. The fourth-order valence-corrected chi connectivity index (χ4v) is 10.2. The number of carbonyl (C=O) groups excluding carboxylic acids is 6. The maximum absolute atomic E-state index is 13.1. The van der Waals surface area contributed by atoms with Gasteiger partial charge in [-0.25, -0.2) is 4.79 Å². The number of aryl methyl sites for hydroxylation is 2. The van der Waals surface area contributed by atoms with Gasteiger partial charge in [0.2, 0.25) is 11.8 Å². The molecule has 0 aliphatic carbocycles. The molecule has 3 aromatic rings. The molecule has 0 aromatic heterocycles. The molecule has 3 aliphatic rings. The van der Waals surface area contributed by atoms with E-state index >= 15 is 0 Å². The molecule has 0 radical (unpaired) electrons. The highest BCUT2D eigenvalue weighted by Crippen LogP contribution is 2.23. The number of benzene rings is 3. The zero-order valence-corrected chi connectivity index (χ0v) is 53.3. The number of halogens is 5. The molecule has 0 saturated carbocycles. The van der Waals surface area contributed by atoms with Gasteiger partial charge in [0.1, 0.15) is 17.9 Å². The van der Waals surface area contributed by atoms with Gasteiger partial charge >= 0.3 is 44.3 Å². The summed E-state index contributed by atoms with van der Waals surface area (Å²) in [4.78, 5) is 126. The van der Waals surface area contributed by atoms with Crippen molar-refractivity contribution in [3.63, 3.8) is 0 Å². The summed E-state index contributed by atoms with van der Waals surface area (Å²) in [6, 6.07) is 18.8. The Balaban J connectivity index is 0.000000423. The average Bonchev–Trinajstić information content (AvgIpc) is 1.83. The van der Waals surface area contributed by atoms with Crippen LogP contribution >= 0.6 is 23.2 Å². The summed E-state index contributed by atoms with van der Waals surface area (Å²) < 4.78 is 33.5. The molecular formula is C59H82B2Cl2F3N9O18. The fraction of sp³-hybridized carbons (Fsp3) is 0.525. The Morgan fingerprint density at radius 2 is 0.871 bits per heavy atom. The van der Waals surface area contributed by atoms with E-state index in [0.29, 0.717) is 88.2 Å². The number of hydrogen-bond donors (Lipinski definition) is 11. The Hall–Kier alpha value is -7.10. The minimum atomic E-state index is -4.92. The smallest absolute Gasteiger partial charge is 0.475 e. The summed E-state index contributed by atoms with van der Waals surface area (Å²) >= 11 is 9.22. The average molecular weight is 1350 g/mol. The van der Waals surface area contributed by atoms with Crippen molar-refractivity contribution in [1.82, 2.24) is 40.0 Å². The minimum Gasteiger partial charge on any atom is -0.480 e. The van der Waals surface area contributed by atoms with Crippen molar-refractivity contribution < 1.29 is 102 Å². The number of carboxylic acids is 4. The van der Waals surface area contributed by atoms with E-state index in [2.05, 4.69) is 33.8 Å². The van der Waals surface area contributed by atoms with Crippen molar-refractivity contribution in [3.05, 3.63) is 106 Å². The number of Topliss-reactive ketones (excluding diaryl/α,β-unsaturated/α-hetero) is 2. The number of ketones is 2. The van der Waals surface area contributed by atoms with Crippen molar-refractivity contribution in [1.29, 1.82) is 0 Å². The quantitative estimate of drug-likeness (QED) is 0.0464. The molecule has 4 amide bonds. The predicted octanol–water partition coefficient (Wildman–Crippen LogP) is 0.920. The van der Waals surface area contributed by atoms with E-state index in [9.17, 15) is 96.5 Å². The van der Waals surface area contributed by atoms with Gasteiger partial charge < -0.3 is 66.7 Å². The number of carboxylic acid groups (broad SMARTS) is 4. The Morgan fingerprint density at radius 3 is 1.16 bits per heavy atom. The third-order valence-corrected chi connectivity index (χ3v) is 15.5. The second-order valence-electron chi connectivity index (χ2n) is 22.1. The van der Waals surface area contributed by atoms with E-state index in [4.69, 9.17) is 10.8 Å². The van der Waals surface area contributed by atoms with Gasteiger partial charge in [0.05, 0.1) is 43.6 Å². The third-order valence-electron chi connectivity index (χ3n) is 15.1. The Kier molecular flexibility index (Phi) is 34.7. The first-order valence-electron chi connectivity index (χ1n) is 29.9. The van der Waals surface area contributed by atoms with Crippen LogP contribution in [0.4, 0.5) is 13.2 Å². The molecule has 0 spiro atoms. The Labute approximate surface area is 546 Å². The molecule has 3 aromatic carbocycles. The lowest BCUT2D eigenvalue weighted by Crippen LogP contribution is -2.52. The first-order valence-corrected chi connectivity index (χ1v) is 30.7. The number of nitrogens with one attached hydrogen (secondary N) is 2. The molecule has 3 fully saturated rings. The number of likely N-dealkylation sites (tertiary alicyclic amines) is 2. The molecule has 12 N–H and O–H groups in total. The van der Waals surface area contributed by atoms with Crippen molar-refractivity contribution in [2.75, 3.05) is 91.6 Å². The number of alkyl halides is 5. The van der Waals surface area contributed by atoms with Gasteiger partial charge in [0, 0.05) is 89.5 Å². The summed E-state index contributed by atoms with van der Waals surface area (Å²) in [5.74, 6) is -8.99. The first-order chi connectivity index (χ1) is 43.7. The first kappa shape index (κ1) is 80.1. The van der Waals surface area contributed by atoms with E-state index in [1.807, 2.05) is 24.0 Å². The third kappa shape index (κ3) is 29.0. The molecule has 93 heavy (non-hydrogen) atoms. The van der Waals surface area contributed by atoms with Gasteiger partial charge in [0.25, 0.3) is 17.6 Å². The maximum atomic E-state index is 13.1. The standard InChI is InChI=1S/C32H49BN6O11.C15H22BN3O4.C9H10O2.C3HCl2F3O/c1-23(32(48)39-10-2-3-27(39)33(49)50)34-31(47)25-7-4-24(5-8-25)6-9-26(40)19-35-11-13-36(20-28(41)42)15-17-38(22-30(45)46)18-16-37(14-12-35)21-29(43)44;1-10(15(21)19-8-2-3-13(19)16(22)23)18-14(20)12-6-4-11(9-17)5-7-12;1-2-7-3-5-8(6-4-7)9(10)11;4-2(5)1(9)3(6,7)8/h4-5,7-8,23,27,49-50H,2-3,6,9-22H2,1H3,(H,34,47)(H,41,42)(H,43,44)(H,45,46);4-7,10,13,22-23H,2-3,8-9,17H2,1H3,(H,18,20);3-6H,2H2,1H3,(H,10,11);2H/t23-,27+;10-,13+;;/m11../s1. The number of aromatic carboxylic acids is 1. The zero-order valence-electron chi connectivity index (χ0n) is 51.8. The van der Waals surface area contributed by atoms with Gasteiger partial charge in [0.15, 0.2) is 4.84 Å².